The minimum absolute atomic E-state index is 0.0128. The van der Waals surface area contributed by atoms with Gasteiger partial charge in [0.2, 0.25) is 0 Å². The maximum absolute atomic E-state index is 13.4. The van der Waals surface area contributed by atoms with Crippen LogP contribution in [0.1, 0.15) is 362 Å². The van der Waals surface area contributed by atoms with Crippen molar-refractivity contribution in [1.29, 1.82) is 0 Å². The summed E-state index contributed by atoms with van der Waals surface area (Å²) in [6, 6.07) is 24.3. The number of Topliss-reactive ketones (excluding diaryl/α,β-unsaturated/α-hetero) is 6. The lowest BCUT2D eigenvalue weighted by Crippen LogP contribution is -2.45. The number of hydrogen-bond donors (Lipinski definition) is 12. The van der Waals surface area contributed by atoms with E-state index in [9.17, 15) is 28.8 Å². The first-order valence-electron chi connectivity index (χ1n) is 52.1. The Morgan fingerprint density at radius 2 is 0.690 bits per heavy atom. The number of fused-ring (bicyclic) bond motifs is 16. The van der Waals surface area contributed by atoms with E-state index in [2.05, 4.69) is 274 Å². The Labute approximate surface area is 835 Å². The van der Waals surface area contributed by atoms with Crippen LogP contribution >= 0.6 is 0 Å². The normalized spacial score (nSPS) is 24.4. The van der Waals surface area contributed by atoms with Crippen LogP contribution in [-0.4, -0.2) is 102 Å². The van der Waals surface area contributed by atoms with Crippen LogP contribution < -0.4 is 36.6 Å². The second kappa shape index (κ2) is 35.2. The number of ketones is 6. The van der Waals surface area contributed by atoms with Gasteiger partial charge in [0.05, 0.1) is 22.8 Å². The molecule has 0 radical (unpaired) electrons. The van der Waals surface area contributed by atoms with E-state index in [4.69, 9.17) is 11.3 Å². The Hall–Kier alpha value is -12.5. The summed E-state index contributed by atoms with van der Waals surface area (Å²) in [5, 5.41) is 66.4. The lowest BCUT2D eigenvalue weighted by molar-refractivity contribution is -0.119. The zero-order chi connectivity index (χ0) is 101. The second-order valence-electron chi connectivity index (χ2n) is 48.5. The van der Waals surface area contributed by atoms with E-state index in [0.29, 0.717) is 74.0 Å². The molecular weight excluding hydrogens is 1770 g/mol. The Balaban J connectivity index is 0.000000108. The summed E-state index contributed by atoms with van der Waals surface area (Å²) in [5.74, 6) is 7.85. The lowest BCUT2D eigenvalue weighted by atomic mass is 9.56. The number of nitrogens with one attached hydrogen (secondary N) is 12. The van der Waals surface area contributed by atoms with E-state index in [1.165, 1.54) is 46.2 Å². The molecule has 1 fully saturated rings. The zero-order valence-corrected chi connectivity index (χ0v) is 87.8. The number of benzene rings is 3. The van der Waals surface area contributed by atoms with Crippen LogP contribution in [-0.2, 0) is 67.7 Å². The van der Waals surface area contributed by atoms with Gasteiger partial charge in [0.25, 0.3) is 0 Å². The van der Waals surface area contributed by atoms with E-state index in [0.717, 1.165) is 274 Å². The van der Waals surface area contributed by atoms with Gasteiger partial charge >= 0.3 is 0 Å². The third-order valence-corrected chi connectivity index (χ3v) is 34.0. The van der Waals surface area contributed by atoms with E-state index in [1.54, 1.807) is 6.07 Å². The number of aryl methyl sites for hydroxylation is 7. The molecule has 12 N–H and O–H groups in total. The van der Waals surface area contributed by atoms with E-state index < -0.39 is 10.8 Å². The number of allylic oxidation sites excluding steroid dienone is 11. The lowest BCUT2D eigenvalue weighted by Gasteiger charge is -2.48. The number of H-pyrrole nitrogens is 6. The van der Waals surface area contributed by atoms with Crippen molar-refractivity contribution in [3.8, 4) is 5.75 Å². The van der Waals surface area contributed by atoms with E-state index in [1.807, 2.05) is 50.2 Å². The number of hydrogen-bond acceptors (Lipinski definition) is 19. The predicted molar refractivity (Wildman–Crippen MR) is 558 cm³/mol. The molecule has 0 amide bonds. The van der Waals surface area contributed by atoms with E-state index in [-0.39, 0.29) is 65.7 Å². The number of carbonyl (C=O) groups is 6. The molecule has 6 aromatic heterocycles. The highest BCUT2D eigenvalue weighted by Gasteiger charge is 2.60. The van der Waals surface area contributed by atoms with Crippen LogP contribution in [0.3, 0.4) is 0 Å². The quantitative estimate of drug-likeness (QED) is 0.0659. The maximum atomic E-state index is 13.4. The van der Waals surface area contributed by atoms with Gasteiger partial charge in [-0.2, -0.15) is 30.6 Å². The summed E-state index contributed by atoms with van der Waals surface area (Å²) < 4.78 is 6.07. The Bertz CT molecular complexity index is 6890. The number of carbonyl (C=O) groups excluding carboxylic acids is 6. The summed E-state index contributed by atoms with van der Waals surface area (Å²) >= 11 is 0. The monoisotopic (exact) mass is 1920 g/mol. The summed E-state index contributed by atoms with van der Waals surface area (Å²) in [4.78, 5) is 82.5. The topological polar surface area (TPSA) is 360 Å². The summed E-state index contributed by atoms with van der Waals surface area (Å²) in [7, 11) is 0. The highest BCUT2D eigenvalue weighted by atomic mass is 16.5. The number of aromatic amines is 6. The van der Waals surface area contributed by atoms with Gasteiger partial charge in [0, 0.05) is 195 Å². The number of nitrogens with zero attached hydrogens (tertiary/aromatic N) is 7. The largest absolute Gasteiger partial charge is 0.492 e. The predicted octanol–water partition coefficient (Wildman–Crippen LogP) is 24.6. The van der Waals surface area contributed by atoms with Crippen molar-refractivity contribution in [2.75, 3.05) is 38.5 Å². The summed E-state index contributed by atoms with van der Waals surface area (Å²) in [6.45, 7) is 57.0. The van der Waals surface area contributed by atoms with Gasteiger partial charge in [-0.15, -0.1) is 0 Å². The number of aromatic nitrogens is 12. The highest BCUT2D eigenvalue weighted by Crippen LogP contribution is 2.64. The molecule has 26 nitrogen and oxygen atoms in total. The smallest absolute Gasteiger partial charge is 0.187 e. The van der Waals surface area contributed by atoms with Crippen molar-refractivity contribution in [3.05, 3.63) is 242 Å². The average Bonchev–Trinajstić information content (AvgIpc) is 1.52. The van der Waals surface area contributed by atoms with Crippen molar-refractivity contribution < 1.29 is 33.5 Å². The van der Waals surface area contributed by atoms with Crippen LogP contribution in [0.5, 0.6) is 5.75 Å². The first-order valence-corrected chi connectivity index (χ1v) is 52.1. The molecule has 2 unspecified atom stereocenters. The molecule has 8 aliphatic carbocycles. The van der Waals surface area contributed by atoms with Crippen molar-refractivity contribution >= 4 is 75.3 Å². The molecule has 3 atom stereocenters. The Kier molecular flexibility index (Phi) is 24.4. The minimum Gasteiger partial charge on any atom is -0.492 e. The average molecular weight is 1920 g/mol. The van der Waals surface area contributed by atoms with Crippen LogP contribution in [0.25, 0.3) is 4.85 Å². The molecule has 7 aliphatic heterocycles. The van der Waals surface area contributed by atoms with E-state index >= 15 is 0 Å². The highest BCUT2D eigenvalue weighted by molar-refractivity contribution is 6.07. The molecule has 0 bridgehead atoms. The standard InChI is InChI=1S/C22H25N3O.C21H22N4O.C20H21N3O2.C19H29N3O.C17H23N3O.C17H25N3O/c1-13-18-20(25-24-13)23-16-11-21(2,3)12-17(26)19(16)22(18)10-6-8-14-7-4-5-9-15(14)22;1-12-17-19(25-24-12)23-15-10-20(2,3)11-16(26)18(15)21(17,4)13-7-6-8-14(9-13)22-5;1-11-16-18(23-22-11)21-13-8-19(2,3)9-14(24)17(13)20(16)10-25-15-7-5-4-6-12(15)20;1-6-8-19(9-7-2)15-12(3)21-22-17(15)20-13-10-18(4,5)11-14(23)16(13)19;1-10-13-15(20-19-10)18-11-8-16(2,3)9-12(21)14(11)17(13)6-4-5-7-17;1-6-17(7-2)13-10(3)19-20-15(13)18-11-8-16(4,5)9-12(21)14(11)17/h4-5,7,9H,6,8,10-12H2,1-3H3,(H2,23,24,25);6-9H,10-11H2,1-4H3,(H2,23,24,25);4-7H,8-10H2,1-3H3,(H2,21,22,23);6-11H2,1-5H3,(H2,20,21,22);4-9H2,1-3H3,(H2,18,19,20);6-9H2,1-5H3,(H2,18,19,20)/t;21-;;;;/m.1..../s1. The minimum atomic E-state index is -0.624. The molecule has 142 heavy (non-hydrogen) atoms. The fourth-order valence-corrected chi connectivity index (χ4v) is 29.0. The summed E-state index contributed by atoms with van der Waals surface area (Å²) in [6.07, 6.45) is 22.8. The van der Waals surface area contributed by atoms with Gasteiger partial charge in [-0.3, -0.25) is 59.4 Å². The van der Waals surface area contributed by atoms with Crippen LogP contribution in [0.2, 0.25) is 0 Å². The van der Waals surface area contributed by atoms with Crippen molar-refractivity contribution in [2.24, 2.45) is 32.5 Å². The van der Waals surface area contributed by atoms with Crippen molar-refractivity contribution in [2.45, 2.75) is 352 Å². The molecule has 13 heterocycles. The number of ether oxygens (including phenoxy) is 1. The second-order valence-corrected chi connectivity index (χ2v) is 48.5. The molecule has 15 aliphatic rings. The molecule has 1 saturated carbocycles. The molecule has 24 rings (SSSR count). The molecule has 3 aromatic carbocycles. The molecule has 746 valence electrons. The van der Waals surface area contributed by atoms with Crippen LogP contribution in [0.4, 0.5) is 40.6 Å². The van der Waals surface area contributed by atoms with Crippen LogP contribution in [0, 0.1) is 80.6 Å². The first-order chi connectivity index (χ1) is 67.2. The Morgan fingerprint density at radius 1 is 0.345 bits per heavy atom. The molecule has 26 heteroatoms. The zero-order valence-electron chi connectivity index (χ0n) is 87.8. The van der Waals surface area contributed by atoms with Gasteiger partial charge in [-0.05, 0) is 200 Å². The third-order valence-electron chi connectivity index (χ3n) is 34.0. The van der Waals surface area contributed by atoms with Crippen LogP contribution in [0.15, 0.2) is 140 Å². The number of anilines is 6. The fourth-order valence-electron chi connectivity index (χ4n) is 29.0. The van der Waals surface area contributed by atoms with Gasteiger partial charge < -0.3 is 36.6 Å². The Morgan fingerprint density at radius 3 is 1.15 bits per heavy atom. The van der Waals surface area contributed by atoms with Gasteiger partial charge in [0.1, 0.15) is 12.4 Å². The maximum Gasteiger partial charge on any atom is 0.187 e. The van der Waals surface area contributed by atoms with Gasteiger partial charge in [-0.1, -0.05) is 203 Å². The molecule has 3 spiro atoms. The first kappa shape index (κ1) is 98.3. The molecular formula is C116H145N19O7. The van der Waals surface area contributed by atoms with Crippen molar-refractivity contribution in [3.63, 3.8) is 0 Å². The SMILES string of the molecule is CCC1(CC)C2=C(CC(C)(C)CC2=O)Nc2n[nH]c(C)c21.CCCC1(CCC)C2=C(CC(C)(C)CC2=O)Nc2n[nH]c(C)c21.Cc1[nH]nc2c1C1(CCCC1)C1=C(CC(C)(C)CC1=O)N2.Cc1[nH]nc2c1C1(CCCc3ccccc31)C1=C(CC(C)(C)CC1=O)N2.Cc1[nH]nc2c1C1(COc3ccccc31)C1=C(CC(C)(C)CC1=O)N2.[C-]#[N+]c1cccc([C@@]2(C)C3=C(CC(C)(C)CC3=O)Nc3n[nH]c(C)c32)c1. The summed E-state index contributed by atoms with van der Waals surface area (Å²) in [5.41, 5.74) is 28.7. The van der Waals surface area contributed by atoms with Crippen molar-refractivity contribution in [1.82, 2.24) is 61.2 Å². The third kappa shape index (κ3) is 16.0. The number of rotatable bonds is 7. The number of para-hydroxylation sites is 1. The fraction of sp³-hybridized carbons (Fsp3) is 0.526. The molecule has 0 saturated heterocycles. The molecule has 9 aromatic rings. The van der Waals surface area contributed by atoms with Gasteiger partial charge in [0.15, 0.2) is 75.3 Å². The van der Waals surface area contributed by atoms with Gasteiger partial charge in [-0.25, -0.2) is 4.85 Å².